The summed E-state index contributed by atoms with van der Waals surface area (Å²) in [4.78, 5) is 16.2. The van der Waals surface area contributed by atoms with E-state index in [0.29, 0.717) is 24.1 Å². The molecule has 0 amide bonds. The highest BCUT2D eigenvalue weighted by molar-refractivity contribution is 6.30. The minimum Gasteiger partial charge on any atom is -0.436 e. The lowest BCUT2D eigenvalue weighted by molar-refractivity contribution is -0.389. The number of hydrogen-bond donors (Lipinski definition) is 0. The molecule has 23 heavy (non-hydrogen) atoms. The second kappa shape index (κ2) is 5.82. The number of nitro groups is 1. The van der Waals surface area contributed by atoms with Gasteiger partial charge in [0.25, 0.3) is 0 Å². The Labute approximate surface area is 138 Å². The van der Waals surface area contributed by atoms with Crippen molar-refractivity contribution in [2.24, 2.45) is 0 Å². The second-order valence-electron chi connectivity index (χ2n) is 6.12. The average Bonchev–Trinajstić information content (AvgIpc) is 2.93. The standard InChI is InChI=1S/C15H17ClN4O3/c1-15(9-18(2)7-11-4-3-5-12(16)6-11)10-19-8-13(20(21)22)17-14(19)23-15/h3-6,8H,7,9-10H2,1-2H3/t15-/m0/s1. The predicted molar refractivity (Wildman–Crippen MR) is 85.7 cm³/mol. The van der Waals surface area contributed by atoms with Crippen LogP contribution in [0.4, 0.5) is 5.82 Å². The molecule has 122 valence electrons. The molecule has 0 aliphatic carbocycles. The molecule has 3 rings (SSSR count). The van der Waals surface area contributed by atoms with Crippen LogP contribution >= 0.6 is 11.6 Å². The van der Waals surface area contributed by atoms with E-state index in [4.69, 9.17) is 16.3 Å². The van der Waals surface area contributed by atoms with E-state index in [1.807, 2.05) is 38.2 Å². The third kappa shape index (κ3) is 3.46. The number of aromatic nitrogens is 2. The number of fused-ring (bicyclic) bond motifs is 1. The lowest BCUT2D eigenvalue weighted by Crippen LogP contribution is -2.43. The van der Waals surface area contributed by atoms with Gasteiger partial charge in [-0.25, -0.2) is 0 Å². The largest absolute Gasteiger partial charge is 0.436 e. The summed E-state index contributed by atoms with van der Waals surface area (Å²) in [5.41, 5.74) is 0.653. The molecular formula is C15H17ClN4O3. The first kappa shape index (κ1) is 15.8. The molecule has 0 saturated carbocycles. The molecule has 0 spiro atoms. The van der Waals surface area contributed by atoms with Gasteiger partial charge in [0.2, 0.25) is 0 Å². The van der Waals surface area contributed by atoms with E-state index in [1.165, 1.54) is 6.20 Å². The molecular weight excluding hydrogens is 320 g/mol. The molecule has 1 atom stereocenters. The van der Waals surface area contributed by atoms with Crippen molar-refractivity contribution < 1.29 is 9.66 Å². The van der Waals surface area contributed by atoms with E-state index in [0.717, 1.165) is 12.1 Å². The third-order valence-corrected chi connectivity index (χ3v) is 3.94. The molecule has 0 bridgehead atoms. The monoisotopic (exact) mass is 336 g/mol. The Bertz CT molecular complexity index is 723. The van der Waals surface area contributed by atoms with E-state index >= 15 is 0 Å². The van der Waals surface area contributed by atoms with Crippen LogP contribution in [0.15, 0.2) is 30.5 Å². The van der Waals surface area contributed by atoms with Gasteiger partial charge in [-0.15, -0.1) is 0 Å². The first-order chi connectivity index (χ1) is 10.8. The van der Waals surface area contributed by atoms with E-state index in [1.54, 1.807) is 4.57 Å². The van der Waals surface area contributed by atoms with Gasteiger partial charge in [0.1, 0.15) is 11.8 Å². The maximum Gasteiger partial charge on any atom is 0.415 e. The maximum absolute atomic E-state index is 10.7. The number of nitrogens with zero attached hydrogens (tertiary/aromatic N) is 4. The number of hydrogen-bond acceptors (Lipinski definition) is 5. The van der Waals surface area contributed by atoms with Crippen LogP contribution in [0.5, 0.6) is 6.01 Å². The number of rotatable bonds is 5. The minimum atomic E-state index is -0.517. The fraction of sp³-hybridized carbons (Fsp3) is 0.400. The van der Waals surface area contributed by atoms with Crippen LogP contribution in [-0.2, 0) is 13.1 Å². The van der Waals surface area contributed by atoms with E-state index in [-0.39, 0.29) is 5.82 Å². The van der Waals surface area contributed by atoms with Crippen LogP contribution in [0.25, 0.3) is 0 Å². The van der Waals surface area contributed by atoms with Crippen molar-refractivity contribution in [3.05, 3.63) is 51.2 Å². The van der Waals surface area contributed by atoms with Crippen LogP contribution in [0.3, 0.4) is 0 Å². The Morgan fingerprint density at radius 2 is 2.35 bits per heavy atom. The van der Waals surface area contributed by atoms with Crippen molar-refractivity contribution in [1.82, 2.24) is 14.5 Å². The molecule has 0 fully saturated rings. The average molecular weight is 337 g/mol. The Morgan fingerprint density at radius 1 is 1.57 bits per heavy atom. The zero-order valence-electron chi connectivity index (χ0n) is 12.9. The number of imidazole rings is 1. The fourth-order valence-corrected chi connectivity index (χ4v) is 3.15. The van der Waals surface area contributed by atoms with E-state index < -0.39 is 10.5 Å². The van der Waals surface area contributed by atoms with Crippen molar-refractivity contribution >= 4 is 17.4 Å². The molecule has 0 unspecified atom stereocenters. The molecule has 2 heterocycles. The third-order valence-electron chi connectivity index (χ3n) is 3.70. The van der Waals surface area contributed by atoms with Gasteiger partial charge < -0.3 is 14.9 Å². The molecule has 2 aromatic rings. The second-order valence-corrected chi connectivity index (χ2v) is 6.56. The number of benzene rings is 1. The van der Waals surface area contributed by atoms with Gasteiger partial charge in [-0.2, -0.15) is 0 Å². The number of halogens is 1. The zero-order valence-corrected chi connectivity index (χ0v) is 13.7. The summed E-state index contributed by atoms with van der Waals surface area (Å²) < 4.78 is 7.52. The van der Waals surface area contributed by atoms with Gasteiger partial charge in [-0.05, 0) is 36.6 Å². The van der Waals surface area contributed by atoms with Crippen molar-refractivity contribution in [1.29, 1.82) is 0 Å². The number of likely N-dealkylation sites (N-methyl/N-ethyl adjacent to an activating group) is 1. The summed E-state index contributed by atoms with van der Waals surface area (Å²) in [6, 6.07) is 8.03. The SMILES string of the molecule is CN(Cc1cccc(Cl)c1)C[C@@]1(C)Cn2cc([N+](=O)[O-])nc2O1. The summed E-state index contributed by atoms with van der Waals surface area (Å²) in [5, 5.41) is 11.4. The van der Waals surface area contributed by atoms with Crippen molar-refractivity contribution in [3.63, 3.8) is 0 Å². The Morgan fingerprint density at radius 3 is 3.00 bits per heavy atom. The molecule has 0 saturated heterocycles. The maximum atomic E-state index is 10.7. The highest BCUT2D eigenvalue weighted by Gasteiger charge is 2.40. The van der Waals surface area contributed by atoms with E-state index in [9.17, 15) is 10.1 Å². The van der Waals surface area contributed by atoms with Gasteiger partial charge in [0.05, 0.1) is 6.54 Å². The van der Waals surface area contributed by atoms with Crippen molar-refractivity contribution in [2.75, 3.05) is 13.6 Å². The van der Waals surface area contributed by atoms with Crippen molar-refractivity contribution in [3.8, 4) is 6.01 Å². The van der Waals surface area contributed by atoms with Crippen LogP contribution < -0.4 is 4.74 Å². The molecule has 1 aromatic heterocycles. The normalized spacial score (nSPS) is 19.7. The smallest absolute Gasteiger partial charge is 0.415 e. The Hall–Kier alpha value is -2.12. The fourth-order valence-electron chi connectivity index (χ4n) is 2.94. The molecule has 1 aromatic carbocycles. The number of ether oxygens (including phenoxy) is 1. The highest BCUT2D eigenvalue weighted by Crippen LogP contribution is 2.31. The molecule has 0 radical (unpaired) electrons. The topological polar surface area (TPSA) is 73.4 Å². The first-order valence-electron chi connectivity index (χ1n) is 7.18. The van der Waals surface area contributed by atoms with Gasteiger partial charge in [0.15, 0.2) is 0 Å². The van der Waals surface area contributed by atoms with Crippen LogP contribution in [-0.4, -0.2) is 38.6 Å². The molecule has 7 nitrogen and oxygen atoms in total. The summed E-state index contributed by atoms with van der Waals surface area (Å²) in [6.07, 6.45) is 1.41. The Kier molecular flexibility index (Phi) is 3.99. The van der Waals surface area contributed by atoms with Gasteiger partial charge in [0, 0.05) is 23.1 Å². The Balaban J connectivity index is 1.63. The molecule has 0 N–H and O–H groups in total. The zero-order chi connectivity index (χ0) is 16.6. The summed E-state index contributed by atoms with van der Waals surface area (Å²) in [7, 11) is 2.00. The summed E-state index contributed by atoms with van der Waals surface area (Å²) in [6.45, 7) is 3.91. The molecule has 8 heteroatoms. The van der Waals surface area contributed by atoms with Crippen LogP contribution in [0, 0.1) is 10.1 Å². The molecule has 1 aliphatic rings. The molecule has 1 aliphatic heterocycles. The quantitative estimate of drug-likeness (QED) is 0.620. The summed E-state index contributed by atoms with van der Waals surface area (Å²) >= 11 is 6.00. The van der Waals surface area contributed by atoms with Gasteiger partial charge >= 0.3 is 11.8 Å². The van der Waals surface area contributed by atoms with E-state index in [2.05, 4.69) is 9.88 Å². The lowest BCUT2D eigenvalue weighted by atomic mass is 10.1. The predicted octanol–water partition coefficient (Wildman–Crippen LogP) is 2.73. The van der Waals surface area contributed by atoms with Crippen LogP contribution in [0.1, 0.15) is 12.5 Å². The summed E-state index contributed by atoms with van der Waals surface area (Å²) in [5.74, 6) is -0.186. The minimum absolute atomic E-state index is 0.186. The van der Waals surface area contributed by atoms with Gasteiger partial charge in [-0.3, -0.25) is 9.47 Å². The van der Waals surface area contributed by atoms with Crippen LogP contribution in [0.2, 0.25) is 5.02 Å². The lowest BCUT2D eigenvalue weighted by Gasteiger charge is -2.28. The van der Waals surface area contributed by atoms with Gasteiger partial charge in [-0.1, -0.05) is 23.7 Å². The first-order valence-corrected chi connectivity index (χ1v) is 7.56. The highest BCUT2D eigenvalue weighted by atomic mass is 35.5. The van der Waals surface area contributed by atoms with Crippen molar-refractivity contribution in [2.45, 2.75) is 25.6 Å².